The van der Waals surface area contributed by atoms with Crippen molar-refractivity contribution in [2.75, 3.05) is 13.1 Å². The summed E-state index contributed by atoms with van der Waals surface area (Å²) in [6, 6.07) is 32.0. The van der Waals surface area contributed by atoms with E-state index >= 15 is 0 Å². The van der Waals surface area contributed by atoms with Gasteiger partial charge in [-0.15, -0.1) is 0 Å². The normalized spacial score (nSPS) is 11.1. The smallest absolute Gasteiger partial charge is 0.242 e. The standard InChI is InChI=1S/C37H35FN2O4/c1-2-3-22-39(37(43)35(28-12-6-4-7-13-28)29-14-8-5-9-15-29)25-34(41)40(23-27-18-20-31(38)21-19-27)24-30-26-44-33-17-11-10-16-32(33)36(30)42/h4-21,26,35H,2-3,22-25H2,1H3. The summed E-state index contributed by atoms with van der Waals surface area (Å²) in [6.45, 7) is 2.37. The predicted octanol–water partition coefficient (Wildman–Crippen LogP) is 6.92. The van der Waals surface area contributed by atoms with Crippen LogP contribution in [0.1, 0.15) is 47.9 Å². The van der Waals surface area contributed by atoms with Crippen LogP contribution in [0.15, 0.2) is 125 Å². The van der Waals surface area contributed by atoms with Crippen LogP contribution >= 0.6 is 0 Å². The Morgan fingerprint density at radius 1 is 0.773 bits per heavy atom. The molecule has 0 atom stereocenters. The first-order valence-electron chi connectivity index (χ1n) is 14.8. The van der Waals surface area contributed by atoms with E-state index in [-0.39, 0.29) is 42.7 Å². The number of hydrogen-bond donors (Lipinski definition) is 0. The van der Waals surface area contributed by atoms with Crippen LogP contribution in [0, 0.1) is 5.82 Å². The van der Waals surface area contributed by atoms with Gasteiger partial charge in [0.25, 0.3) is 0 Å². The Bertz CT molecular complexity index is 1710. The van der Waals surface area contributed by atoms with Gasteiger partial charge in [-0.25, -0.2) is 4.39 Å². The van der Waals surface area contributed by atoms with Crippen molar-refractivity contribution in [1.29, 1.82) is 0 Å². The van der Waals surface area contributed by atoms with Crippen LogP contribution in [0.25, 0.3) is 11.0 Å². The van der Waals surface area contributed by atoms with Crippen molar-refractivity contribution in [2.24, 2.45) is 0 Å². The fraction of sp³-hybridized carbons (Fsp3) is 0.216. The van der Waals surface area contributed by atoms with E-state index < -0.39 is 5.92 Å². The summed E-state index contributed by atoms with van der Waals surface area (Å²) in [5.74, 6) is -1.46. The van der Waals surface area contributed by atoms with Gasteiger partial charge < -0.3 is 14.2 Å². The summed E-state index contributed by atoms with van der Waals surface area (Å²) in [5.41, 5.74) is 2.93. The van der Waals surface area contributed by atoms with Gasteiger partial charge >= 0.3 is 0 Å². The number of fused-ring (bicyclic) bond motifs is 1. The Morgan fingerprint density at radius 2 is 1.39 bits per heavy atom. The van der Waals surface area contributed by atoms with Gasteiger partial charge in [0.2, 0.25) is 11.8 Å². The highest BCUT2D eigenvalue weighted by Crippen LogP contribution is 2.27. The van der Waals surface area contributed by atoms with Crippen molar-refractivity contribution in [3.63, 3.8) is 0 Å². The lowest BCUT2D eigenvalue weighted by Gasteiger charge is -2.30. The number of nitrogens with zero attached hydrogens (tertiary/aromatic N) is 2. The number of unbranched alkanes of at least 4 members (excludes halogenated alkanes) is 1. The SMILES string of the molecule is CCCCN(CC(=O)N(Cc1ccc(F)cc1)Cc1coc2ccccc2c1=O)C(=O)C(c1ccccc1)c1ccccc1. The van der Waals surface area contributed by atoms with Crippen molar-refractivity contribution < 1.29 is 18.4 Å². The minimum Gasteiger partial charge on any atom is -0.464 e. The maximum absolute atomic E-state index is 14.3. The zero-order chi connectivity index (χ0) is 30.9. The minimum atomic E-state index is -0.583. The highest BCUT2D eigenvalue weighted by atomic mass is 19.1. The van der Waals surface area contributed by atoms with Gasteiger partial charge in [-0.3, -0.25) is 14.4 Å². The summed E-state index contributed by atoms with van der Waals surface area (Å²) in [7, 11) is 0. The van der Waals surface area contributed by atoms with Gasteiger partial charge in [0.05, 0.1) is 36.2 Å². The van der Waals surface area contributed by atoms with Crippen LogP contribution < -0.4 is 5.43 Å². The van der Waals surface area contributed by atoms with Gasteiger partial charge in [0.15, 0.2) is 5.43 Å². The molecular weight excluding hydrogens is 555 g/mol. The van der Waals surface area contributed by atoms with Crippen LogP contribution in [0.5, 0.6) is 0 Å². The summed E-state index contributed by atoms with van der Waals surface area (Å²) >= 11 is 0. The molecule has 224 valence electrons. The third kappa shape index (κ3) is 7.29. The average molecular weight is 591 g/mol. The number of halogens is 1. The second-order valence-electron chi connectivity index (χ2n) is 10.8. The molecule has 0 saturated carbocycles. The largest absolute Gasteiger partial charge is 0.464 e. The Labute approximate surface area is 256 Å². The van der Waals surface area contributed by atoms with E-state index in [2.05, 4.69) is 0 Å². The van der Waals surface area contributed by atoms with Gasteiger partial charge in [-0.2, -0.15) is 0 Å². The molecule has 0 aliphatic carbocycles. The number of para-hydroxylation sites is 1. The number of benzene rings is 4. The van der Waals surface area contributed by atoms with Crippen molar-refractivity contribution in [3.8, 4) is 0 Å². The first-order valence-corrected chi connectivity index (χ1v) is 14.8. The van der Waals surface area contributed by atoms with Crippen LogP contribution in [-0.2, 0) is 22.7 Å². The van der Waals surface area contributed by atoms with E-state index in [1.54, 1.807) is 41.3 Å². The maximum atomic E-state index is 14.3. The zero-order valence-corrected chi connectivity index (χ0v) is 24.7. The molecule has 2 amide bonds. The molecule has 6 nitrogen and oxygen atoms in total. The fourth-order valence-electron chi connectivity index (χ4n) is 5.31. The van der Waals surface area contributed by atoms with Gasteiger partial charge in [-0.1, -0.05) is 98.3 Å². The number of hydrogen-bond acceptors (Lipinski definition) is 4. The van der Waals surface area contributed by atoms with E-state index in [0.29, 0.717) is 28.6 Å². The molecule has 7 heteroatoms. The predicted molar refractivity (Wildman–Crippen MR) is 169 cm³/mol. The molecule has 1 aromatic heterocycles. The van der Waals surface area contributed by atoms with Gasteiger partial charge in [-0.05, 0) is 47.4 Å². The molecule has 5 rings (SSSR count). The number of rotatable bonds is 12. The lowest BCUT2D eigenvalue weighted by Crippen LogP contribution is -2.45. The minimum absolute atomic E-state index is 0.0278. The summed E-state index contributed by atoms with van der Waals surface area (Å²) in [4.78, 5) is 44.9. The Hall–Kier alpha value is -5.04. The molecule has 0 spiro atoms. The molecule has 44 heavy (non-hydrogen) atoms. The number of amides is 2. The van der Waals surface area contributed by atoms with E-state index in [0.717, 1.165) is 24.0 Å². The summed E-state index contributed by atoms with van der Waals surface area (Å²) in [5, 5.41) is 0.424. The molecular formula is C37H35FN2O4. The molecule has 0 unspecified atom stereocenters. The third-order valence-corrected chi connectivity index (χ3v) is 7.68. The highest BCUT2D eigenvalue weighted by Gasteiger charge is 2.30. The molecule has 0 bridgehead atoms. The van der Waals surface area contributed by atoms with Crippen molar-refractivity contribution in [2.45, 2.75) is 38.8 Å². The quantitative estimate of drug-likeness (QED) is 0.158. The van der Waals surface area contributed by atoms with Crippen molar-refractivity contribution in [1.82, 2.24) is 9.80 Å². The molecule has 1 heterocycles. The highest BCUT2D eigenvalue weighted by molar-refractivity contribution is 5.91. The Balaban J connectivity index is 1.47. The summed E-state index contributed by atoms with van der Waals surface area (Å²) in [6.07, 6.45) is 2.95. The molecule has 0 aliphatic heterocycles. The van der Waals surface area contributed by atoms with E-state index in [4.69, 9.17) is 4.42 Å². The van der Waals surface area contributed by atoms with Crippen LogP contribution in [0.2, 0.25) is 0 Å². The topological polar surface area (TPSA) is 70.8 Å². The third-order valence-electron chi connectivity index (χ3n) is 7.68. The lowest BCUT2D eigenvalue weighted by atomic mass is 9.90. The lowest BCUT2D eigenvalue weighted by molar-refractivity contribution is -0.141. The van der Waals surface area contributed by atoms with E-state index in [9.17, 15) is 18.8 Å². The van der Waals surface area contributed by atoms with Gasteiger partial charge in [0.1, 0.15) is 11.4 Å². The summed E-state index contributed by atoms with van der Waals surface area (Å²) < 4.78 is 19.4. The van der Waals surface area contributed by atoms with Crippen molar-refractivity contribution in [3.05, 3.63) is 154 Å². The Morgan fingerprint density at radius 3 is 2.02 bits per heavy atom. The second-order valence-corrected chi connectivity index (χ2v) is 10.8. The molecule has 0 saturated heterocycles. The van der Waals surface area contributed by atoms with Crippen LogP contribution in [0.3, 0.4) is 0 Å². The monoisotopic (exact) mass is 590 g/mol. The fourth-order valence-corrected chi connectivity index (χ4v) is 5.31. The molecule has 0 radical (unpaired) electrons. The molecule has 0 aliphatic rings. The molecule has 0 N–H and O–H groups in total. The maximum Gasteiger partial charge on any atom is 0.242 e. The number of carbonyl (C=O) groups excluding carboxylic acids is 2. The Kier molecular flexibility index (Phi) is 9.97. The number of carbonyl (C=O) groups is 2. The molecule has 0 fully saturated rings. The second kappa shape index (κ2) is 14.4. The zero-order valence-electron chi connectivity index (χ0n) is 24.7. The van der Waals surface area contributed by atoms with Gasteiger partial charge in [0, 0.05) is 13.1 Å². The van der Waals surface area contributed by atoms with Crippen LogP contribution in [0.4, 0.5) is 4.39 Å². The van der Waals surface area contributed by atoms with E-state index in [1.807, 2.05) is 67.6 Å². The average Bonchev–Trinajstić information content (AvgIpc) is 3.06. The van der Waals surface area contributed by atoms with Crippen molar-refractivity contribution >= 4 is 22.8 Å². The van der Waals surface area contributed by atoms with Crippen LogP contribution in [-0.4, -0.2) is 34.7 Å². The molecule has 4 aromatic carbocycles. The first-order chi connectivity index (χ1) is 21.4. The molecule has 5 aromatic rings. The first kappa shape index (κ1) is 30.4. The van der Waals surface area contributed by atoms with E-state index in [1.165, 1.54) is 23.3 Å².